The van der Waals surface area contributed by atoms with E-state index in [1.54, 1.807) is 4.90 Å². The highest BCUT2D eigenvalue weighted by Gasteiger charge is 2.37. The van der Waals surface area contributed by atoms with Gasteiger partial charge in [0.05, 0.1) is 0 Å². The lowest BCUT2D eigenvalue weighted by Crippen LogP contribution is -2.51. The number of carbonyl (C=O) groups excluding carboxylic acids is 2. The second kappa shape index (κ2) is 8.64. The van der Waals surface area contributed by atoms with Crippen LogP contribution in [0.2, 0.25) is 0 Å². The van der Waals surface area contributed by atoms with Gasteiger partial charge in [-0.15, -0.1) is 0 Å². The molecule has 142 valence electrons. The van der Waals surface area contributed by atoms with Gasteiger partial charge in [0.25, 0.3) is 0 Å². The number of nitrogens with one attached hydrogen (secondary N) is 1. The molecular formula is C20H30N4O2. The van der Waals surface area contributed by atoms with Crippen LogP contribution in [0.1, 0.15) is 25.8 Å². The second-order valence-electron chi connectivity index (χ2n) is 7.03. The summed E-state index contributed by atoms with van der Waals surface area (Å²) in [5, 5.41) is 3.05. The molecule has 0 saturated carbocycles. The molecule has 2 aliphatic rings. The third-order valence-corrected chi connectivity index (χ3v) is 5.49. The maximum atomic E-state index is 12.8. The zero-order chi connectivity index (χ0) is 18.5. The van der Waals surface area contributed by atoms with Crippen LogP contribution in [0.25, 0.3) is 0 Å². The smallest absolute Gasteiger partial charge is 0.243 e. The molecule has 1 aromatic rings. The number of rotatable bonds is 6. The lowest BCUT2D eigenvalue weighted by atomic mass is 10.1. The summed E-state index contributed by atoms with van der Waals surface area (Å²) in [6.07, 6.45) is 1.00. The van der Waals surface area contributed by atoms with Crippen molar-refractivity contribution in [3.63, 3.8) is 0 Å². The molecule has 0 aromatic heterocycles. The summed E-state index contributed by atoms with van der Waals surface area (Å²) < 4.78 is 0. The van der Waals surface area contributed by atoms with Gasteiger partial charge in [0.15, 0.2) is 0 Å². The Labute approximate surface area is 156 Å². The molecule has 1 saturated heterocycles. The highest BCUT2D eigenvalue weighted by atomic mass is 16.2. The van der Waals surface area contributed by atoms with Crippen LogP contribution in [0.5, 0.6) is 0 Å². The van der Waals surface area contributed by atoms with Crippen molar-refractivity contribution in [1.82, 2.24) is 15.1 Å². The van der Waals surface area contributed by atoms with Crippen LogP contribution >= 0.6 is 0 Å². The summed E-state index contributed by atoms with van der Waals surface area (Å²) in [5.41, 5.74) is 1.96. The van der Waals surface area contributed by atoms with E-state index in [2.05, 4.69) is 22.0 Å². The second-order valence-corrected chi connectivity index (χ2v) is 7.03. The van der Waals surface area contributed by atoms with Gasteiger partial charge in [-0.25, -0.2) is 0 Å². The van der Waals surface area contributed by atoms with Gasteiger partial charge in [0.1, 0.15) is 6.04 Å². The van der Waals surface area contributed by atoms with Crippen LogP contribution in [0.4, 0.5) is 5.69 Å². The number of hydrogen-bond acceptors (Lipinski definition) is 4. The number of anilines is 1. The maximum absolute atomic E-state index is 12.8. The summed E-state index contributed by atoms with van der Waals surface area (Å²) in [6, 6.07) is 7.40. The molecule has 6 heteroatoms. The van der Waals surface area contributed by atoms with Crippen molar-refractivity contribution in [2.24, 2.45) is 0 Å². The summed E-state index contributed by atoms with van der Waals surface area (Å²) in [6.45, 7) is 10.9. The number of likely N-dealkylation sites (N-methyl/N-ethyl adjacent to an activating group) is 1. The Balaban J connectivity index is 1.53. The fourth-order valence-electron chi connectivity index (χ4n) is 3.86. The van der Waals surface area contributed by atoms with Crippen LogP contribution in [0, 0.1) is 0 Å². The molecule has 26 heavy (non-hydrogen) atoms. The molecule has 0 spiro atoms. The van der Waals surface area contributed by atoms with E-state index in [0.717, 1.165) is 50.5 Å². The molecule has 2 aliphatic heterocycles. The first-order valence-corrected chi connectivity index (χ1v) is 9.76. The van der Waals surface area contributed by atoms with Gasteiger partial charge < -0.3 is 10.2 Å². The van der Waals surface area contributed by atoms with Crippen molar-refractivity contribution >= 4 is 17.5 Å². The Morgan fingerprint density at radius 2 is 1.77 bits per heavy atom. The molecule has 6 nitrogen and oxygen atoms in total. The highest BCUT2D eigenvalue weighted by molar-refractivity contribution is 6.03. The van der Waals surface area contributed by atoms with E-state index in [0.29, 0.717) is 19.4 Å². The van der Waals surface area contributed by atoms with Crippen molar-refractivity contribution in [2.45, 2.75) is 32.7 Å². The quantitative estimate of drug-likeness (QED) is 0.828. The molecule has 3 rings (SSSR count). The first kappa shape index (κ1) is 18.9. The highest BCUT2D eigenvalue weighted by Crippen LogP contribution is 2.32. The zero-order valence-corrected chi connectivity index (χ0v) is 15.9. The Hall–Kier alpha value is -1.92. The monoisotopic (exact) mass is 358 g/mol. The van der Waals surface area contributed by atoms with Gasteiger partial charge in [0, 0.05) is 57.8 Å². The number of piperazine rings is 1. The van der Waals surface area contributed by atoms with Gasteiger partial charge in [-0.3, -0.25) is 19.4 Å². The molecule has 1 fully saturated rings. The topological polar surface area (TPSA) is 55.9 Å². The number of nitrogens with zero attached hydrogens (tertiary/aromatic N) is 3. The molecule has 0 radical (unpaired) electrons. The van der Waals surface area contributed by atoms with E-state index in [-0.39, 0.29) is 11.8 Å². The molecule has 2 heterocycles. The van der Waals surface area contributed by atoms with Crippen LogP contribution in [0.15, 0.2) is 24.3 Å². The molecule has 2 amide bonds. The third kappa shape index (κ3) is 4.07. The maximum Gasteiger partial charge on any atom is 0.243 e. The van der Waals surface area contributed by atoms with E-state index in [1.807, 2.05) is 31.2 Å². The molecule has 0 bridgehead atoms. The normalized spacial score (nSPS) is 20.8. The molecule has 0 unspecified atom stereocenters. The molecule has 1 N–H and O–H groups in total. The number of fused-ring (bicyclic) bond motifs is 1. The zero-order valence-electron chi connectivity index (χ0n) is 15.9. The molecule has 0 aliphatic carbocycles. The minimum Gasteiger partial charge on any atom is -0.353 e. The van der Waals surface area contributed by atoms with Gasteiger partial charge in [-0.05, 0) is 18.2 Å². The van der Waals surface area contributed by atoms with Crippen molar-refractivity contribution in [3.05, 3.63) is 29.8 Å². The van der Waals surface area contributed by atoms with Crippen LogP contribution < -0.4 is 10.2 Å². The summed E-state index contributed by atoms with van der Waals surface area (Å²) in [5.74, 6) is -0.0408. The van der Waals surface area contributed by atoms with E-state index in [1.165, 1.54) is 0 Å². The molecular weight excluding hydrogens is 328 g/mol. The van der Waals surface area contributed by atoms with Crippen LogP contribution in [-0.2, 0) is 16.0 Å². The van der Waals surface area contributed by atoms with Crippen molar-refractivity contribution in [1.29, 1.82) is 0 Å². The van der Waals surface area contributed by atoms with Crippen molar-refractivity contribution in [2.75, 3.05) is 50.7 Å². The van der Waals surface area contributed by atoms with E-state index >= 15 is 0 Å². The fourth-order valence-corrected chi connectivity index (χ4v) is 3.86. The summed E-state index contributed by atoms with van der Waals surface area (Å²) in [4.78, 5) is 31.7. The first-order valence-electron chi connectivity index (χ1n) is 9.76. The van der Waals surface area contributed by atoms with E-state index < -0.39 is 6.04 Å². The van der Waals surface area contributed by atoms with Gasteiger partial charge in [0.2, 0.25) is 11.8 Å². The van der Waals surface area contributed by atoms with E-state index in [4.69, 9.17) is 0 Å². The molecule has 1 aromatic carbocycles. The largest absolute Gasteiger partial charge is 0.353 e. The van der Waals surface area contributed by atoms with Crippen LogP contribution in [-0.4, -0.2) is 73.5 Å². The Bertz CT molecular complexity index is 640. The molecule has 1 atom stereocenters. The first-order chi connectivity index (χ1) is 12.6. The van der Waals surface area contributed by atoms with Crippen LogP contribution in [0.3, 0.4) is 0 Å². The summed E-state index contributed by atoms with van der Waals surface area (Å²) >= 11 is 0. The third-order valence-electron chi connectivity index (χ3n) is 5.49. The number of carbonyl (C=O) groups is 2. The van der Waals surface area contributed by atoms with Gasteiger partial charge in [-0.2, -0.15) is 0 Å². The average molecular weight is 358 g/mol. The van der Waals surface area contributed by atoms with Crippen molar-refractivity contribution < 1.29 is 9.59 Å². The van der Waals surface area contributed by atoms with E-state index in [9.17, 15) is 9.59 Å². The van der Waals surface area contributed by atoms with Gasteiger partial charge in [-0.1, -0.05) is 32.0 Å². The Morgan fingerprint density at radius 3 is 2.46 bits per heavy atom. The van der Waals surface area contributed by atoms with Gasteiger partial charge >= 0.3 is 0 Å². The predicted molar refractivity (Wildman–Crippen MR) is 103 cm³/mol. The predicted octanol–water partition coefficient (Wildman–Crippen LogP) is 1.11. The average Bonchev–Trinajstić information content (AvgIpc) is 3.07. The Kier molecular flexibility index (Phi) is 6.27. The summed E-state index contributed by atoms with van der Waals surface area (Å²) in [7, 11) is 0. The lowest BCUT2D eigenvalue weighted by molar-refractivity contribution is -0.126. The standard InChI is InChI=1S/C20H30N4O2/c1-3-19(25)24-17-8-6-5-7-16(17)15-18(24)20(26)21-9-10-23-13-11-22(4-2)12-14-23/h5-8,18H,3-4,9-15H2,1-2H3,(H,21,26)/t18-/m0/s1. The number of hydrogen-bond donors (Lipinski definition) is 1. The fraction of sp³-hybridized carbons (Fsp3) is 0.600. The minimum atomic E-state index is -0.420. The lowest BCUT2D eigenvalue weighted by Gasteiger charge is -2.34. The Morgan fingerprint density at radius 1 is 1.08 bits per heavy atom. The number of amides is 2. The number of benzene rings is 1. The number of para-hydroxylation sites is 1. The SMILES string of the molecule is CCC(=O)N1c2ccccc2C[C@H]1C(=O)NCCN1CCN(CC)CC1. The minimum absolute atomic E-state index is 0.00536. The van der Waals surface area contributed by atoms with Crippen molar-refractivity contribution in [3.8, 4) is 0 Å².